The van der Waals surface area contributed by atoms with Crippen LogP contribution in [-0.4, -0.2) is 35.1 Å². The summed E-state index contributed by atoms with van der Waals surface area (Å²) < 4.78 is 13.2. The van der Waals surface area contributed by atoms with Crippen molar-refractivity contribution in [1.82, 2.24) is 9.47 Å². The number of hydrogen-bond acceptors (Lipinski definition) is 3. The summed E-state index contributed by atoms with van der Waals surface area (Å²) in [5.41, 5.74) is 2.17. The number of rotatable bonds is 5. The second kappa shape index (κ2) is 7.09. The number of amides is 1. The van der Waals surface area contributed by atoms with Crippen molar-refractivity contribution in [3.05, 3.63) is 53.9 Å². The fourth-order valence-electron chi connectivity index (χ4n) is 3.17. The summed E-state index contributed by atoms with van der Waals surface area (Å²) in [4.78, 5) is 14.7. The first-order chi connectivity index (χ1) is 11.6. The van der Waals surface area contributed by atoms with E-state index >= 15 is 0 Å². The Bertz CT molecular complexity index is 710. The normalized spacial score (nSPS) is 18.1. The molecule has 0 radical (unpaired) electrons. The first-order valence-electron chi connectivity index (χ1n) is 8.30. The molecule has 2 atom stereocenters. The van der Waals surface area contributed by atoms with Crippen LogP contribution < -0.4 is 4.74 Å². The van der Waals surface area contributed by atoms with E-state index in [1.54, 1.807) is 7.11 Å². The number of methoxy groups -OCH3 is 1. The second-order valence-electron chi connectivity index (χ2n) is 6.14. The molecule has 0 N–H and O–H groups in total. The third-order valence-electron chi connectivity index (χ3n) is 4.61. The van der Waals surface area contributed by atoms with Crippen molar-refractivity contribution in [3.63, 3.8) is 0 Å². The van der Waals surface area contributed by atoms with Crippen molar-refractivity contribution < 1.29 is 14.3 Å². The SMILES string of the molecule is COc1cccc(CO[C@H](C)C(=O)N2CCn3cccc3[C@H]2C)c1. The Morgan fingerprint density at radius 3 is 2.92 bits per heavy atom. The average molecular weight is 328 g/mol. The van der Waals surface area contributed by atoms with Gasteiger partial charge in [0.2, 0.25) is 0 Å². The summed E-state index contributed by atoms with van der Waals surface area (Å²) in [5.74, 6) is 0.832. The van der Waals surface area contributed by atoms with Gasteiger partial charge in [-0.15, -0.1) is 0 Å². The van der Waals surface area contributed by atoms with E-state index in [0.717, 1.165) is 17.9 Å². The lowest BCUT2D eigenvalue weighted by molar-refractivity contribution is -0.146. The highest BCUT2D eigenvalue weighted by molar-refractivity contribution is 5.81. The third-order valence-corrected chi connectivity index (χ3v) is 4.61. The van der Waals surface area contributed by atoms with Crippen molar-refractivity contribution in [2.45, 2.75) is 39.1 Å². The van der Waals surface area contributed by atoms with E-state index in [-0.39, 0.29) is 11.9 Å². The van der Waals surface area contributed by atoms with Crippen molar-refractivity contribution in [3.8, 4) is 5.75 Å². The fourth-order valence-corrected chi connectivity index (χ4v) is 3.17. The number of fused-ring (bicyclic) bond motifs is 1. The minimum absolute atomic E-state index is 0.0397. The second-order valence-corrected chi connectivity index (χ2v) is 6.14. The average Bonchev–Trinajstić information content (AvgIpc) is 3.09. The van der Waals surface area contributed by atoms with E-state index < -0.39 is 6.10 Å². The molecule has 5 heteroatoms. The summed E-state index contributed by atoms with van der Waals surface area (Å²) in [6.07, 6.45) is 1.59. The summed E-state index contributed by atoms with van der Waals surface area (Å²) in [6, 6.07) is 11.9. The molecule has 1 aliphatic heterocycles. The highest BCUT2D eigenvalue weighted by Gasteiger charge is 2.30. The highest BCUT2D eigenvalue weighted by Crippen LogP contribution is 2.26. The molecule has 2 heterocycles. The fraction of sp³-hybridized carbons (Fsp3) is 0.421. The lowest BCUT2D eigenvalue weighted by Crippen LogP contribution is -2.45. The molecule has 0 saturated heterocycles. The van der Waals surface area contributed by atoms with Crippen LogP contribution in [0.15, 0.2) is 42.6 Å². The van der Waals surface area contributed by atoms with Gasteiger partial charge < -0.3 is 18.9 Å². The quantitative estimate of drug-likeness (QED) is 0.847. The number of aromatic nitrogens is 1. The lowest BCUT2D eigenvalue weighted by Gasteiger charge is -2.36. The molecule has 128 valence electrons. The molecule has 1 aliphatic rings. The lowest BCUT2D eigenvalue weighted by atomic mass is 10.1. The molecule has 0 aliphatic carbocycles. The van der Waals surface area contributed by atoms with Crippen molar-refractivity contribution in [2.75, 3.05) is 13.7 Å². The van der Waals surface area contributed by atoms with Crippen LogP contribution >= 0.6 is 0 Å². The van der Waals surface area contributed by atoms with Crippen LogP contribution in [0.3, 0.4) is 0 Å². The van der Waals surface area contributed by atoms with Gasteiger partial charge in [0.1, 0.15) is 11.9 Å². The van der Waals surface area contributed by atoms with E-state index in [1.807, 2.05) is 42.2 Å². The van der Waals surface area contributed by atoms with E-state index in [4.69, 9.17) is 9.47 Å². The first kappa shape index (κ1) is 16.6. The van der Waals surface area contributed by atoms with Crippen LogP contribution in [0.1, 0.15) is 31.1 Å². The maximum Gasteiger partial charge on any atom is 0.252 e. The first-order valence-corrected chi connectivity index (χ1v) is 8.30. The van der Waals surface area contributed by atoms with E-state index in [1.165, 1.54) is 5.69 Å². The summed E-state index contributed by atoms with van der Waals surface area (Å²) in [7, 11) is 1.64. The molecule has 0 spiro atoms. The predicted molar refractivity (Wildman–Crippen MR) is 91.8 cm³/mol. The van der Waals surface area contributed by atoms with Crippen molar-refractivity contribution >= 4 is 5.91 Å². The Morgan fingerprint density at radius 2 is 2.12 bits per heavy atom. The van der Waals surface area contributed by atoms with Crippen LogP contribution in [0, 0.1) is 0 Å². The van der Waals surface area contributed by atoms with E-state index in [2.05, 4.69) is 23.8 Å². The van der Waals surface area contributed by atoms with Crippen molar-refractivity contribution in [2.24, 2.45) is 0 Å². The van der Waals surface area contributed by atoms with Crippen LogP contribution in [0.4, 0.5) is 0 Å². The molecule has 0 bridgehead atoms. The van der Waals surface area contributed by atoms with Crippen molar-refractivity contribution in [1.29, 1.82) is 0 Å². The molecule has 1 amide bonds. The Morgan fingerprint density at radius 1 is 1.29 bits per heavy atom. The van der Waals surface area contributed by atoms with Gasteiger partial charge >= 0.3 is 0 Å². The van der Waals surface area contributed by atoms with Gasteiger partial charge in [-0.2, -0.15) is 0 Å². The van der Waals surface area contributed by atoms with Crippen LogP contribution in [0.2, 0.25) is 0 Å². The minimum atomic E-state index is -0.472. The summed E-state index contributed by atoms with van der Waals surface area (Å²) in [6.45, 7) is 5.83. The van der Waals surface area contributed by atoms with E-state index in [0.29, 0.717) is 13.2 Å². The van der Waals surface area contributed by atoms with Crippen LogP contribution in [0.5, 0.6) is 5.75 Å². The summed E-state index contributed by atoms with van der Waals surface area (Å²) >= 11 is 0. The molecular weight excluding hydrogens is 304 g/mol. The Labute approximate surface area is 142 Å². The summed E-state index contributed by atoms with van der Waals surface area (Å²) in [5, 5.41) is 0. The smallest absolute Gasteiger partial charge is 0.252 e. The number of nitrogens with zero attached hydrogens (tertiary/aromatic N) is 2. The van der Waals surface area contributed by atoms with Gasteiger partial charge in [-0.3, -0.25) is 4.79 Å². The molecule has 1 aromatic carbocycles. The number of carbonyl (C=O) groups is 1. The van der Waals surface area contributed by atoms with Gasteiger partial charge in [-0.1, -0.05) is 12.1 Å². The highest BCUT2D eigenvalue weighted by atomic mass is 16.5. The molecular formula is C19H24N2O3. The van der Waals surface area contributed by atoms with Gasteiger partial charge in [-0.25, -0.2) is 0 Å². The van der Waals surface area contributed by atoms with Gasteiger partial charge in [0, 0.05) is 25.0 Å². The van der Waals surface area contributed by atoms with Gasteiger partial charge in [0.15, 0.2) is 0 Å². The largest absolute Gasteiger partial charge is 0.497 e. The predicted octanol–water partition coefficient (Wildman–Crippen LogP) is 3.01. The van der Waals surface area contributed by atoms with Crippen LogP contribution in [0.25, 0.3) is 0 Å². The zero-order valence-electron chi connectivity index (χ0n) is 14.4. The Balaban J connectivity index is 1.61. The minimum Gasteiger partial charge on any atom is -0.497 e. The molecule has 24 heavy (non-hydrogen) atoms. The molecule has 0 saturated carbocycles. The van der Waals surface area contributed by atoms with Gasteiger partial charge in [0.25, 0.3) is 5.91 Å². The monoisotopic (exact) mass is 328 g/mol. The number of carbonyl (C=O) groups excluding carboxylic acids is 1. The van der Waals surface area contributed by atoms with Gasteiger partial charge in [-0.05, 0) is 43.7 Å². The molecule has 5 nitrogen and oxygen atoms in total. The molecule has 3 rings (SSSR count). The number of hydrogen-bond donors (Lipinski definition) is 0. The van der Waals surface area contributed by atoms with E-state index in [9.17, 15) is 4.79 Å². The Kier molecular flexibility index (Phi) is 4.90. The maximum absolute atomic E-state index is 12.8. The Hall–Kier alpha value is -2.27. The number of ether oxygens (including phenoxy) is 2. The third kappa shape index (κ3) is 3.31. The maximum atomic E-state index is 12.8. The standard InChI is InChI=1S/C19H24N2O3/c1-14-18-8-5-9-20(18)10-11-21(14)19(22)15(2)24-13-16-6-4-7-17(12-16)23-3/h4-9,12,14-15H,10-11,13H2,1-3H3/t14-,15-/m1/s1. The van der Waals surface area contributed by atoms with Crippen LogP contribution in [-0.2, 0) is 22.7 Å². The van der Waals surface area contributed by atoms with Gasteiger partial charge in [0.05, 0.1) is 19.8 Å². The topological polar surface area (TPSA) is 43.7 Å². The number of benzene rings is 1. The molecule has 0 fully saturated rings. The zero-order valence-corrected chi connectivity index (χ0v) is 14.4. The molecule has 0 unspecified atom stereocenters. The molecule has 1 aromatic heterocycles. The molecule has 2 aromatic rings. The zero-order chi connectivity index (χ0) is 17.1.